The van der Waals surface area contributed by atoms with Crippen molar-refractivity contribution in [3.63, 3.8) is 0 Å². The van der Waals surface area contributed by atoms with E-state index in [0.717, 1.165) is 38.9 Å². The van der Waals surface area contributed by atoms with Crippen molar-refractivity contribution < 1.29 is 34.4 Å². The maximum Gasteiger partial charge on any atom is 0.155 e. The van der Waals surface area contributed by atoms with Crippen LogP contribution in [0.1, 0.15) is 25.2 Å². The van der Waals surface area contributed by atoms with Crippen molar-refractivity contribution in [3.8, 4) is 11.3 Å². The van der Waals surface area contributed by atoms with Crippen LogP contribution in [0.3, 0.4) is 0 Å². The second-order valence-corrected chi connectivity index (χ2v) is 7.80. The predicted octanol–water partition coefficient (Wildman–Crippen LogP) is 7.25. The topological polar surface area (TPSA) is 63.3 Å². The predicted molar refractivity (Wildman–Crippen MR) is 130 cm³/mol. The number of ketones is 1. The number of hydrogen-bond donors (Lipinski definition) is 1. The molecule has 5 aromatic rings. The molecule has 0 aliphatic heterocycles. The molecule has 5 heteroatoms. The molecule has 0 aliphatic carbocycles. The third-order valence-electron chi connectivity index (χ3n) is 5.40. The Hall–Kier alpha value is -3.27. The standard InChI is InChI=1S/C23H16NO.C5H8O2.Ir/c1-14-15(2)25-21-11-12-24-23(22(14)21)20-13-16-7-3-4-8-17(16)18-9-5-6-10-19(18)20;1-4(6)3-5(2)7;/h3-12H,1-2H3;3,6H,1-2H3;/q-1;;/b;4-3-;. The summed E-state index contributed by atoms with van der Waals surface area (Å²) in [5.74, 6) is 0.877. The number of rotatable bonds is 2. The smallest absolute Gasteiger partial charge is 0.155 e. The molecule has 0 saturated carbocycles. The van der Waals surface area contributed by atoms with Crippen LogP contribution in [-0.2, 0) is 24.9 Å². The number of aromatic nitrogens is 1. The van der Waals surface area contributed by atoms with Gasteiger partial charge in [0.25, 0.3) is 0 Å². The quantitative estimate of drug-likeness (QED) is 0.0985. The van der Waals surface area contributed by atoms with Crippen LogP contribution in [0.5, 0.6) is 0 Å². The summed E-state index contributed by atoms with van der Waals surface area (Å²) in [6.07, 6.45) is 2.98. The van der Waals surface area contributed by atoms with Gasteiger partial charge < -0.3 is 9.52 Å². The van der Waals surface area contributed by atoms with Gasteiger partial charge in [0.15, 0.2) is 5.78 Å². The molecule has 3 aromatic carbocycles. The Morgan fingerprint density at radius 3 is 2.24 bits per heavy atom. The molecule has 1 N–H and O–H groups in total. The number of benzene rings is 3. The second-order valence-electron chi connectivity index (χ2n) is 7.80. The molecule has 5 rings (SSSR count). The third-order valence-corrected chi connectivity index (χ3v) is 5.40. The summed E-state index contributed by atoms with van der Waals surface area (Å²) in [6, 6.07) is 22.4. The zero-order chi connectivity index (χ0) is 22.8. The summed E-state index contributed by atoms with van der Waals surface area (Å²) >= 11 is 0. The molecule has 0 atom stereocenters. The first kappa shape index (κ1) is 24.4. The Kier molecular flexibility index (Phi) is 7.47. The Labute approximate surface area is 206 Å². The molecule has 0 fully saturated rings. The maximum atomic E-state index is 10.0. The van der Waals surface area contributed by atoms with E-state index in [2.05, 4.69) is 61.5 Å². The van der Waals surface area contributed by atoms with Gasteiger partial charge in [0.05, 0.1) is 5.76 Å². The number of nitrogens with zero attached hydrogens (tertiary/aromatic N) is 1. The van der Waals surface area contributed by atoms with E-state index in [4.69, 9.17) is 14.5 Å². The molecule has 0 spiro atoms. The minimum Gasteiger partial charge on any atom is -0.512 e. The van der Waals surface area contributed by atoms with E-state index >= 15 is 0 Å². The molecular weight excluding hydrogens is 591 g/mol. The number of aryl methyl sites for hydroxylation is 2. The number of allylic oxidation sites excluding steroid dienone is 2. The van der Waals surface area contributed by atoms with E-state index in [1.165, 1.54) is 36.1 Å². The van der Waals surface area contributed by atoms with Gasteiger partial charge in [0.2, 0.25) is 0 Å². The zero-order valence-corrected chi connectivity index (χ0v) is 21.3. The van der Waals surface area contributed by atoms with Crippen molar-refractivity contribution >= 4 is 38.3 Å². The van der Waals surface area contributed by atoms with Crippen LogP contribution >= 0.6 is 0 Å². The fourth-order valence-corrected chi connectivity index (χ4v) is 3.94. The van der Waals surface area contributed by atoms with Crippen molar-refractivity contribution in [1.29, 1.82) is 0 Å². The summed E-state index contributed by atoms with van der Waals surface area (Å²) in [5, 5.41) is 14.2. The van der Waals surface area contributed by atoms with Crippen LogP contribution in [-0.4, -0.2) is 15.9 Å². The number of fused-ring (bicyclic) bond motifs is 4. The fourth-order valence-electron chi connectivity index (χ4n) is 3.94. The van der Waals surface area contributed by atoms with Gasteiger partial charge in [0, 0.05) is 43.5 Å². The van der Waals surface area contributed by atoms with Crippen molar-refractivity contribution in [3.05, 3.63) is 90.0 Å². The molecule has 0 aliphatic rings. The molecule has 0 bridgehead atoms. The number of pyridine rings is 1. The number of carbonyl (C=O) groups excluding carboxylic acids is 1. The van der Waals surface area contributed by atoms with Crippen molar-refractivity contribution in [1.82, 2.24) is 4.98 Å². The SMILES string of the molecule is CC(=O)/C=C(/C)O.Cc1oc2ccnc(-c3[c-]c4ccccc4c4ccccc34)c2c1C.[Ir]. The van der Waals surface area contributed by atoms with Gasteiger partial charge in [-0.05, 0) is 39.3 Å². The average molecular weight is 615 g/mol. The monoisotopic (exact) mass is 615 g/mol. The first-order valence-corrected chi connectivity index (χ1v) is 10.4. The molecule has 1 radical (unpaired) electrons. The van der Waals surface area contributed by atoms with Crippen LogP contribution in [0.4, 0.5) is 0 Å². The summed E-state index contributed by atoms with van der Waals surface area (Å²) in [6.45, 7) is 6.94. The number of aliphatic hydroxyl groups excluding tert-OH is 1. The molecular formula is C28H24IrNO3-. The Bertz CT molecular complexity index is 1490. The van der Waals surface area contributed by atoms with E-state index in [1.807, 2.05) is 19.2 Å². The molecule has 2 aromatic heterocycles. The zero-order valence-electron chi connectivity index (χ0n) is 18.9. The number of aliphatic hydroxyl groups is 1. The van der Waals surface area contributed by atoms with Crippen LogP contribution < -0.4 is 0 Å². The van der Waals surface area contributed by atoms with E-state index in [1.54, 1.807) is 0 Å². The molecule has 0 unspecified atom stereocenters. The van der Waals surface area contributed by atoms with Gasteiger partial charge >= 0.3 is 0 Å². The molecule has 169 valence electrons. The Morgan fingerprint density at radius 2 is 1.61 bits per heavy atom. The van der Waals surface area contributed by atoms with E-state index in [9.17, 15) is 4.79 Å². The largest absolute Gasteiger partial charge is 0.512 e. The average Bonchev–Trinajstić information content (AvgIpc) is 3.06. The summed E-state index contributed by atoms with van der Waals surface area (Å²) < 4.78 is 5.91. The van der Waals surface area contributed by atoms with Gasteiger partial charge in [-0.15, -0.1) is 17.5 Å². The summed E-state index contributed by atoms with van der Waals surface area (Å²) in [5.41, 5.74) is 3.99. The second kappa shape index (κ2) is 10.1. The first-order valence-electron chi connectivity index (χ1n) is 10.4. The number of hydrogen-bond acceptors (Lipinski definition) is 4. The van der Waals surface area contributed by atoms with E-state index < -0.39 is 0 Å². The molecule has 0 amide bonds. The van der Waals surface area contributed by atoms with Gasteiger partial charge in [-0.2, -0.15) is 0 Å². The summed E-state index contributed by atoms with van der Waals surface area (Å²) in [4.78, 5) is 14.7. The first-order chi connectivity index (χ1) is 15.4. The number of carbonyl (C=O) groups is 1. The van der Waals surface area contributed by atoms with Crippen LogP contribution in [0.25, 0.3) is 43.8 Å². The van der Waals surface area contributed by atoms with Crippen LogP contribution in [0, 0.1) is 19.9 Å². The van der Waals surface area contributed by atoms with Crippen molar-refractivity contribution in [2.75, 3.05) is 0 Å². The van der Waals surface area contributed by atoms with E-state index in [0.29, 0.717) is 0 Å². The molecule has 4 nitrogen and oxygen atoms in total. The van der Waals surface area contributed by atoms with Gasteiger partial charge in [-0.1, -0.05) is 64.2 Å². The minimum absolute atomic E-state index is 0. The fraction of sp³-hybridized carbons (Fsp3) is 0.143. The molecule has 33 heavy (non-hydrogen) atoms. The van der Waals surface area contributed by atoms with Crippen LogP contribution in [0.2, 0.25) is 0 Å². The minimum atomic E-state index is -0.125. The van der Waals surface area contributed by atoms with Gasteiger partial charge in [0.1, 0.15) is 11.3 Å². The van der Waals surface area contributed by atoms with Crippen molar-refractivity contribution in [2.24, 2.45) is 0 Å². The normalized spacial score (nSPS) is 11.2. The van der Waals surface area contributed by atoms with Gasteiger partial charge in [-0.25, -0.2) is 0 Å². The maximum absolute atomic E-state index is 10.0. The van der Waals surface area contributed by atoms with E-state index in [-0.39, 0.29) is 31.6 Å². The van der Waals surface area contributed by atoms with Gasteiger partial charge in [-0.3, -0.25) is 9.78 Å². The number of furan rings is 1. The van der Waals surface area contributed by atoms with Crippen molar-refractivity contribution in [2.45, 2.75) is 27.7 Å². The molecule has 2 heterocycles. The third kappa shape index (κ3) is 4.90. The van der Waals surface area contributed by atoms with Crippen LogP contribution in [0.15, 0.2) is 77.0 Å². The Morgan fingerprint density at radius 1 is 0.970 bits per heavy atom. The molecule has 0 saturated heterocycles. The Balaban J connectivity index is 0.000000337. The summed E-state index contributed by atoms with van der Waals surface area (Å²) in [7, 11) is 0.